The molecule has 1 fully saturated rings. The van der Waals surface area contributed by atoms with E-state index in [-0.39, 0.29) is 18.0 Å². The number of benzene rings is 1. The molecule has 28 heavy (non-hydrogen) atoms. The maximum absolute atomic E-state index is 12.1. The molecule has 4 N–H and O–H groups in total. The molecule has 0 aliphatic carbocycles. The summed E-state index contributed by atoms with van der Waals surface area (Å²) < 4.78 is 2.41. The van der Waals surface area contributed by atoms with Crippen molar-refractivity contribution in [2.75, 3.05) is 42.9 Å². The van der Waals surface area contributed by atoms with Gasteiger partial charge in [0.2, 0.25) is 10.9 Å². The summed E-state index contributed by atoms with van der Waals surface area (Å²) in [6, 6.07) is 7.02. The Morgan fingerprint density at radius 1 is 1.36 bits per heavy atom. The Hall–Kier alpha value is -2.34. The lowest BCUT2D eigenvalue weighted by atomic mass is 10.2. The fourth-order valence-corrected chi connectivity index (χ4v) is 4.64. The summed E-state index contributed by atoms with van der Waals surface area (Å²) in [5.41, 5.74) is 6.50. The van der Waals surface area contributed by atoms with Gasteiger partial charge in [-0.25, -0.2) is 0 Å². The van der Waals surface area contributed by atoms with Crippen LogP contribution in [0.4, 0.5) is 11.5 Å². The predicted octanol–water partition coefficient (Wildman–Crippen LogP) is 0.887. The van der Waals surface area contributed by atoms with Gasteiger partial charge in [0.25, 0.3) is 5.56 Å². The summed E-state index contributed by atoms with van der Waals surface area (Å²) in [6.45, 7) is 3.19. The van der Waals surface area contributed by atoms with E-state index in [4.69, 9.17) is 10.8 Å². The Morgan fingerprint density at radius 3 is 2.89 bits per heavy atom. The number of hydrogen-bond donors (Lipinski definition) is 3. The summed E-state index contributed by atoms with van der Waals surface area (Å²) in [5.74, 6) is 0.456. The molecule has 3 heterocycles. The first kappa shape index (κ1) is 19.0. The first-order valence-electron chi connectivity index (χ1n) is 8.72. The average molecular weight is 464 g/mol. The third kappa shape index (κ3) is 3.65. The molecule has 146 valence electrons. The minimum absolute atomic E-state index is 0.0993. The van der Waals surface area contributed by atoms with Gasteiger partial charge < -0.3 is 21.3 Å². The smallest absolute Gasteiger partial charge is 0.276 e. The predicted molar refractivity (Wildman–Crippen MR) is 113 cm³/mol. The zero-order chi connectivity index (χ0) is 19.7. The molecule has 3 aromatic rings. The van der Waals surface area contributed by atoms with Gasteiger partial charge in [-0.15, -0.1) is 0 Å². The minimum Gasteiger partial charge on any atom is -0.354 e. The van der Waals surface area contributed by atoms with Crippen LogP contribution in [0.3, 0.4) is 0 Å². The molecule has 4 rings (SSSR count). The highest BCUT2D eigenvalue weighted by Gasteiger charge is 2.19. The zero-order valence-electron chi connectivity index (χ0n) is 14.8. The molecule has 0 radical (unpaired) electrons. The fourth-order valence-electron chi connectivity index (χ4n) is 3.02. The second kappa shape index (κ2) is 7.95. The van der Waals surface area contributed by atoms with Gasteiger partial charge in [-0.2, -0.15) is 14.6 Å². The molecule has 0 atom stereocenters. The van der Waals surface area contributed by atoms with E-state index >= 15 is 0 Å². The summed E-state index contributed by atoms with van der Waals surface area (Å²) >= 11 is 4.86. The molecule has 1 aliphatic heterocycles. The Bertz CT molecular complexity index is 1090. The number of halogens is 1. The number of carbonyl (C=O) groups excluding carboxylic acids is 1. The molecule has 9 nitrogen and oxygen atoms in total. The van der Waals surface area contributed by atoms with Gasteiger partial charge in [0.15, 0.2) is 0 Å². The van der Waals surface area contributed by atoms with Crippen molar-refractivity contribution in [1.29, 1.82) is 0 Å². The van der Waals surface area contributed by atoms with E-state index in [9.17, 15) is 9.59 Å². The van der Waals surface area contributed by atoms with Crippen LogP contribution < -0.4 is 26.8 Å². The molecule has 11 heteroatoms. The topological polar surface area (TPSA) is 118 Å². The van der Waals surface area contributed by atoms with Crippen molar-refractivity contribution in [2.45, 2.75) is 0 Å². The van der Waals surface area contributed by atoms with E-state index in [1.54, 1.807) is 10.6 Å². The van der Waals surface area contributed by atoms with E-state index in [1.165, 1.54) is 17.4 Å². The number of amides is 1. The maximum Gasteiger partial charge on any atom is 0.276 e. The van der Waals surface area contributed by atoms with Gasteiger partial charge in [0, 0.05) is 37.8 Å². The standard InChI is InChI=1S/C17H18BrN7O2S/c18-15-10(2-1-3-11(15)21-13(27)9-19)16-23-25-14(24-6-4-20-5-7-24)8-12(26)22-17(25)28-16/h1-3,8,20H,4-7,9,19H2,(H,21,27). The lowest BCUT2D eigenvalue weighted by Crippen LogP contribution is -2.44. The first-order chi connectivity index (χ1) is 13.6. The number of rotatable bonds is 4. The molecular weight excluding hydrogens is 446 g/mol. The van der Waals surface area contributed by atoms with E-state index < -0.39 is 0 Å². The summed E-state index contributed by atoms with van der Waals surface area (Å²) in [6.07, 6.45) is 0. The van der Waals surface area contributed by atoms with E-state index in [0.29, 0.717) is 20.1 Å². The van der Waals surface area contributed by atoms with Crippen molar-refractivity contribution in [3.8, 4) is 10.6 Å². The van der Waals surface area contributed by atoms with Crippen LogP contribution in [0.2, 0.25) is 0 Å². The number of nitrogens with zero attached hydrogens (tertiary/aromatic N) is 4. The Balaban J connectivity index is 1.79. The van der Waals surface area contributed by atoms with E-state index in [0.717, 1.165) is 37.6 Å². The molecule has 0 saturated carbocycles. The second-order valence-corrected chi connectivity index (χ2v) is 7.96. The van der Waals surface area contributed by atoms with Crippen molar-refractivity contribution in [3.63, 3.8) is 0 Å². The molecular formula is C17H18BrN7O2S. The quantitative estimate of drug-likeness (QED) is 0.525. The van der Waals surface area contributed by atoms with Crippen molar-refractivity contribution in [3.05, 3.63) is 39.1 Å². The van der Waals surface area contributed by atoms with Crippen LogP contribution in [0.15, 0.2) is 33.5 Å². The van der Waals surface area contributed by atoms with Crippen molar-refractivity contribution >= 4 is 49.6 Å². The van der Waals surface area contributed by atoms with E-state index in [2.05, 4.69) is 36.4 Å². The Kier molecular flexibility index (Phi) is 5.40. The number of hydrogen-bond acceptors (Lipinski definition) is 8. The van der Waals surface area contributed by atoms with Crippen LogP contribution in [-0.2, 0) is 4.79 Å². The van der Waals surface area contributed by atoms with E-state index in [1.807, 2.05) is 12.1 Å². The number of anilines is 2. The average Bonchev–Trinajstić information content (AvgIpc) is 3.13. The van der Waals surface area contributed by atoms with Gasteiger partial charge in [-0.05, 0) is 22.0 Å². The van der Waals surface area contributed by atoms with Crippen molar-refractivity contribution in [1.82, 2.24) is 19.9 Å². The lowest BCUT2D eigenvalue weighted by molar-refractivity contribution is -0.114. The van der Waals surface area contributed by atoms with Crippen LogP contribution in [0.5, 0.6) is 0 Å². The third-order valence-corrected chi connectivity index (χ3v) is 6.16. The number of nitrogens with one attached hydrogen (secondary N) is 2. The Labute approximate surface area is 172 Å². The highest BCUT2D eigenvalue weighted by Crippen LogP contribution is 2.36. The molecule has 1 saturated heterocycles. The minimum atomic E-state index is -0.285. The van der Waals surface area contributed by atoms with Gasteiger partial charge in [0.05, 0.1) is 16.7 Å². The van der Waals surface area contributed by atoms with Crippen LogP contribution >= 0.6 is 27.3 Å². The molecule has 1 amide bonds. The van der Waals surface area contributed by atoms with Gasteiger partial charge in [0.1, 0.15) is 10.8 Å². The number of nitrogens with two attached hydrogens (primary N) is 1. The maximum atomic E-state index is 12.1. The lowest BCUT2D eigenvalue weighted by Gasteiger charge is -2.28. The fraction of sp³-hybridized carbons (Fsp3) is 0.294. The molecule has 0 unspecified atom stereocenters. The van der Waals surface area contributed by atoms with Crippen LogP contribution in [0.1, 0.15) is 0 Å². The SMILES string of the molecule is NCC(=O)Nc1cccc(-c2nn3c(N4CCNCC4)cc(=O)nc3s2)c1Br. The first-order valence-corrected chi connectivity index (χ1v) is 10.3. The van der Waals surface area contributed by atoms with Crippen LogP contribution in [0, 0.1) is 0 Å². The highest BCUT2D eigenvalue weighted by molar-refractivity contribution is 9.10. The highest BCUT2D eigenvalue weighted by atomic mass is 79.9. The monoisotopic (exact) mass is 463 g/mol. The van der Waals surface area contributed by atoms with Gasteiger partial charge in [-0.3, -0.25) is 9.59 Å². The molecule has 2 aromatic heterocycles. The third-order valence-electron chi connectivity index (χ3n) is 4.36. The summed E-state index contributed by atoms with van der Waals surface area (Å²) in [4.78, 5) is 30.5. The number of carbonyl (C=O) groups is 1. The number of piperazine rings is 1. The van der Waals surface area contributed by atoms with Gasteiger partial charge >= 0.3 is 0 Å². The summed E-state index contributed by atoms with van der Waals surface area (Å²) in [5, 5.41) is 11.4. The second-order valence-electron chi connectivity index (χ2n) is 6.21. The van der Waals surface area contributed by atoms with Crippen molar-refractivity contribution < 1.29 is 4.79 Å². The molecule has 0 spiro atoms. The number of aromatic nitrogens is 3. The zero-order valence-corrected chi connectivity index (χ0v) is 17.2. The number of fused-ring (bicyclic) bond motifs is 1. The Morgan fingerprint density at radius 2 is 2.14 bits per heavy atom. The molecule has 1 aromatic carbocycles. The van der Waals surface area contributed by atoms with Crippen LogP contribution in [-0.4, -0.2) is 53.2 Å². The van der Waals surface area contributed by atoms with Gasteiger partial charge in [-0.1, -0.05) is 23.5 Å². The largest absolute Gasteiger partial charge is 0.354 e. The summed E-state index contributed by atoms with van der Waals surface area (Å²) in [7, 11) is 0. The van der Waals surface area contributed by atoms with Crippen molar-refractivity contribution in [2.24, 2.45) is 5.73 Å². The normalized spacial score (nSPS) is 14.4. The molecule has 1 aliphatic rings. The van der Waals surface area contributed by atoms with Crippen LogP contribution in [0.25, 0.3) is 15.5 Å². The molecule has 0 bridgehead atoms.